The van der Waals surface area contributed by atoms with Crippen molar-refractivity contribution in [2.45, 2.75) is 71.6 Å². The second-order valence-corrected chi connectivity index (χ2v) is 11.8. The van der Waals surface area contributed by atoms with Crippen molar-refractivity contribution in [2.24, 2.45) is 12.5 Å². The highest BCUT2D eigenvalue weighted by atomic mass is 16.5. The van der Waals surface area contributed by atoms with Gasteiger partial charge in [-0.15, -0.1) is 0 Å². The Hall–Kier alpha value is -2.87. The normalized spacial score (nSPS) is 18.7. The third kappa shape index (κ3) is 2.84. The van der Waals surface area contributed by atoms with Crippen molar-refractivity contribution in [3.05, 3.63) is 64.8 Å². The minimum Gasteiger partial charge on any atom is -0.455 e. The van der Waals surface area contributed by atoms with Gasteiger partial charge in [0.25, 0.3) is 0 Å². The summed E-state index contributed by atoms with van der Waals surface area (Å²) in [6.45, 7) is 7.14. The summed E-state index contributed by atoms with van der Waals surface area (Å²) in [5, 5.41) is 5.45. The molecule has 0 radical (unpaired) electrons. The maximum Gasteiger partial charge on any atom is 0.228 e. The van der Waals surface area contributed by atoms with Crippen LogP contribution in [0.2, 0.25) is 0 Å². The first-order valence-corrected chi connectivity index (χ1v) is 13.1. The van der Waals surface area contributed by atoms with Crippen LogP contribution in [-0.2, 0) is 19.9 Å². The summed E-state index contributed by atoms with van der Waals surface area (Å²) in [6.07, 6.45) is 10.9. The van der Waals surface area contributed by atoms with Crippen molar-refractivity contribution in [2.75, 3.05) is 0 Å². The van der Waals surface area contributed by atoms with E-state index in [9.17, 15) is 0 Å². The lowest BCUT2D eigenvalue weighted by Crippen LogP contribution is -2.32. The lowest BCUT2D eigenvalue weighted by atomic mass is 9.71. The number of benzene rings is 3. The first kappa shape index (κ1) is 20.5. The Labute approximate surface area is 202 Å². The summed E-state index contributed by atoms with van der Waals surface area (Å²) >= 11 is 0. The van der Waals surface area contributed by atoms with Gasteiger partial charge in [-0.3, -0.25) is 0 Å². The number of ether oxygens (including phenoxy) is 1. The molecule has 4 aromatic rings. The van der Waals surface area contributed by atoms with Crippen molar-refractivity contribution in [1.82, 2.24) is 0 Å². The molecule has 0 N–H and O–H groups in total. The standard InChI is InChI=1S/C32H34NO/c1-19-24-9-5-7-21-8-6-10-25(28(21)24)31-27(19)30-29-22(13-16-33(30)4)17-23(18-26(29)34-31)20-11-14-32(2,3)15-12-20/h5,7,9,13,16-18,20H,6,8,10-12,14-15H2,1-4H3/q+1. The zero-order valence-electron chi connectivity index (χ0n) is 20.9. The number of pyridine rings is 1. The van der Waals surface area contributed by atoms with Crippen LogP contribution in [0.15, 0.2) is 42.6 Å². The smallest absolute Gasteiger partial charge is 0.228 e. The van der Waals surface area contributed by atoms with Crippen molar-refractivity contribution >= 4 is 21.5 Å². The van der Waals surface area contributed by atoms with Crippen LogP contribution in [0, 0.1) is 12.3 Å². The zero-order valence-corrected chi connectivity index (χ0v) is 20.9. The molecule has 0 unspecified atom stereocenters. The molecule has 1 aliphatic heterocycles. The Morgan fingerprint density at radius 1 is 1.00 bits per heavy atom. The average Bonchev–Trinajstić information content (AvgIpc) is 2.83. The topological polar surface area (TPSA) is 13.1 Å². The molecule has 1 fully saturated rings. The van der Waals surface area contributed by atoms with E-state index in [-0.39, 0.29) is 0 Å². The van der Waals surface area contributed by atoms with Crippen LogP contribution in [0.3, 0.4) is 0 Å². The van der Waals surface area contributed by atoms with Crippen LogP contribution in [0.1, 0.15) is 74.1 Å². The van der Waals surface area contributed by atoms with E-state index in [0.29, 0.717) is 11.3 Å². The molecule has 7 rings (SSSR count). The summed E-state index contributed by atoms with van der Waals surface area (Å²) in [7, 11) is 2.19. The Morgan fingerprint density at radius 2 is 1.82 bits per heavy atom. The predicted octanol–water partition coefficient (Wildman–Crippen LogP) is 8.07. The van der Waals surface area contributed by atoms with E-state index in [1.807, 2.05) is 0 Å². The van der Waals surface area contributed by atoms with Gasteiger partial charge in [-0.2, -0.15) is 0 Å². The summed E-state index contributed by atoms with van der Waals surface area (Å²) in [6, 6.07) is 14.0. The van der Waals surface area contributed by atoms with Gasteiger partial charge in [0.15, 0.2) is 6.20 Å². The quantitative estimate of drug-likeness (QED) is 0.236. The van der Waals surface area contributed by atoms with Crippen LogP contribution in [-0.4, -0.2) is 0 Å². The van der Waals surface area contributed by atoms with Gasteiger partial charge < -0.3 is 4.74 Å². The van der Waals surface area contributed by atoms with Gasteiger partial charge >= 0.3 is 0 Å². The van der Waals surface area contributed by atoms with Crippen molar-refractivity contribution in [3.8, 4) is 22.8 Å². The van der Waals surface area contributed by atoms with E-state index >= 15 is 0 Å². The van der Waals surface area contributed by atoms with Gasteiger partial charge in [-0.05, 0) is 102 Å². The van der Waals surface area contributed by atoms with Gasteiger partial charge in [0.2, 0.25) is 5.69 Å². The van der Waals surface area contributed by atoms with E-state index in [1.165, 1.54) is 93.6 Å². The first-order valence-electron chi connectivity index (χ1n) is 13.1. The van der Waals surface area contributed by atoms with Crippen LogP contribution >= 0.6 is 0 Å². The average molecular weight is 449 g/mol. The molecule has 1 saturated carbocycles. The van der Waals surface area contributed by atoms with Crippen LogP contribution < -0.4 is 9.30 Å². The zero-order chi connectivity index (χ0) is 23.2. The maximum absolute atomic E-state index is 6.96. The van der Waals surface area contributed by atoms with Crippen LogP contribution in [0.25, 0.3) is 32.8 Å². The highest BCUT2D eigenvalue weighted by Crippen LogP contribution is 2.53. The third-order valence-corrected chi connectivity index (χ3v) is 9.09. The van der Waals surface area contributed by atoms with Crippen LogP contribution in [0.5, 0.6) is 11.5 Å². The van der Waals surface area contributed by atoms with E-state index < -0.39 is 0 Å². The Bertz CT molecular complexity index is 1500. The molecule has 0 bridgehead atoms. The molecule has 0 saturated heterocycles. The highest BCUT2D eigenvalue weighted by molar-refractivity contribution is 6.07. The molecule has 3 aromatic carbocycles. The molecule has 0 amide bonds. The van der Waals surface area contributed by atoms with Crippen molar-refractivity contribution in [3.63, 3.8) is 0 Å². The van der Waals surface area contributed by atoms with E-state index in [4.69, 9.17) is 4.74 Å². The molecule has 34 heavy (non-hydrogen) atoms. The minimum atomic E-state index is 0.483. The number of aromatic nitrogens is 1. The Kier molecular flexibility index (Phi) is 4.26. The van der Waals surface area contributed by atoms with Gasteiger partial charge in [-0.25, -0.2) is 4.57 Å². The van der Waals surface area contributed by atoms with Crippen molar-refractivity contribution in [1.29, 1.82) is 0 Å². The number of fused-ring (bicyclic) bond motifs is 3. The lowest BCUT2D eigenvalue weighted by molar-refractivity contribution is -0.659. The fraction of sp³-hybridized carbons (Fsp3) is 0.406. The molecule has 3 aliphatic rings. The molecule has 2 heteroatoms. The second kappa shape index (κ2) is 7.07. The summed E-state index contributed by atoms with van der Waals surface area (Å²) in [4.78, 5) is 0. The lowest BCUT2D eigenvalue weighted by Gasteiger charge is -2.35. The van der Waals surface area contributed by atoms with E-state index in [2.05, 4.69) is 75.0 Å². The SMILES string of the molecule is Cc1c2c(c3c4c(cccc14)CCC3)Oc1cc(C3CCC(C)(C)CC3)cc3cc[n+](C)c-2c13. The van der Waals surface area contributed by atoms with Gasteiger partial charge in [0.1, 0.15) is 18.5 Å². The summed E-state index contributed by atoms with van der Waals surface area (Å²) in [5.74, 6) is 2.82. The highest BCUT2D eigenvalue weighted by Gasteiger charge is 2.35. The number of rotatable bonds is 1. The monoisotopic (exact) mass is 448 g/mol. The molecular weight excluding hydrogens is 414 g/mol. The number of hydrogen-bond donors (Lipinski definition) is 0. The molecule has 2 heterocycles. The van der Waals surface area contributed by atoms with E-state index in [0.717, 1.165) is 17.9 Å². The Morgan fingerprint density at radius 3 is 2.65 bits per heavy atom. The molecule has 2 aliphatic carbocycles. The maximum atomic E-state index is 6.96. The summed E-state index contributed by atoms with van der Waals surface area (Å²) < 4.78 is 9.28. The summed E-state index contributed by atoms with van der Waals surface area (Å²) in [5.41, 5.74) is 8.82. The van der Waals surface area contributed by atoms with E-state index in [1.54, 1.807) is 0 Å². The number of nitrogens with zero attached hydrogens (tertiary/aromatic N) is 1. The fourth-order valence-corrected chi connectivity index (χ4v) is 7.09. The molecule has 2 nitrogen and oxygen atoms in total. The molecule has 1 aromatic heterocycles. The molecular formula is C32H34NO+. The molecule has 0 spiro atoms. The van der Waals surface area contributed by atoms with Gasteiger partial charge in [0, 0.05) is 11.6 Å². The third-order valence-electron chi connectivity index (χ3n) is 9.09. The minimum absolute atomic E-state index is 0.483. The largest absolute Gasteiger partial charge is 0.455 e. The second-order valence-electron chi connectivity index (χ2n) is 11.8. The van der Waals surface area contributed by atoms with Gasteiger partial charge in [-0.1, -0.05) is 38.1 Å². The van der Waals surface area contributed by atoms with Crippen LogP contribution in [0.4, 0.5) is 0 Å². The number of hydrogen-bond acceptors (Lipinski definition) is 1. The fourth-order valence-electron chi connectivity index (χ4n) is 7.09. The first-order chi connectivity index (χ1) is 16.4. The Balaban J connectivity index is 1.49. The van der Waals surface area contributed by atoms with Gasteiger partial charge in [0.05, 0.1) is 10.9 Å². The predicted molar refractivity (Wildman–Crippen MR) is 140 cm³/mol. The molecule has 0 atom stereocenters. The molecule has 172 valence electrons. The van der Waals surface area contributed by atoms with Crippen molar-refractivity contribution < 1.29 is 9.30 Å². The number of aryl methyl sites for hydroxylation is 4.